The molecule has 3 nitrogen and oxygen atoms in total. The van der Waals surface area contributed by atoms with Crippen molar-refractivity contribution in [1.82, 2.24) is 4.90 Å². The van der Waals surface area contributed by atoms with Crippen molar-refractivity contribution in [3.63, 3.8) is 0 Å². The van der Waals surface area contributed by atoms with Crippen LogP contribution in [-0.2, 0) is 16.1 Å². The maximum atomic E-state index is 11.3. The smallest absolute Gasteiger partial charge is 0.319 e. The lowest BCUT2D eigenvalue weighted by Crippen LogP contribution is -2.32. The van der Waals surface area contributed by atoms with Gasteiger partial charge in [-0.25, -0.2) is 0 Å². The highest BCUT2D eigenvalue weighted by molar-refractivity contribution is 5.71. The largest absolute Gasteiger partial charge is 0.468 e. The van der Waals surface area contributed by atoms with Crippen LogP contribution in [0.2, 0.25) is 0 Å². The van der Waals surface area contributed by atoms with Crippen LogP contribution in [0.3, 0.4) is 0 Å². The van der Waals surface area contributed by atoms with Crippen molar-refractivity contribution in [1.29, 1.82) is 0 Å². The molecule has 0 aromatic heterocycles. The zero-order valence-electron chi connectivity index (χ0n) is 10.5. The minimum Gasteiger partial charge on any atom is -0.468 e. The average molecular weight is 233 g/mol. The molecule has 0 aliphatic heterocycles. The van der Waals surface area contributed by atoms with Gasteiger partial charge in [-0.1, -0.05) is 29.8 Å². The van der Waals surface area contributed by atoms with Gasteiger partial charge in [-0.3, -0.25) is 9.69 Å². The number of aryl methyl sites for hydroxylation is 1. The van der Waals surface area contributed by atoms with Crippen molar-refractivity contribution >= 4 is 5.97 Å². The van der Waals surface area contributed by atoms with Gasteiger partial charge < -0.3 is 4.74 Å². The van der Waals surface area contributed by atoms with Crippen molar-refractivity contribution in [2.45, 2.75) is 32.4 Å². The molecule has 0 spiro atoms. The molecule has 2 rings (SSSR count). The van der Waals surface area contributed by atoms with E-state index in [1.807, 2.05) is 0 Å². The van der Waals surface area contributed by atoms with Gasteiger partial charge in [0.1, 0.15) is 0 Å². The van der Waals surface area contributed by atoms with Crippen LogP contribution in [0, 0.1) is 6.92 Å². The fourth-order valence-corrected chi connectivity index (χ4v) is 1.91. The first-order chi connectivity index (χ1) is 8.19. The lowest BCUT2D eigenvalue weighted by Gasteiger charge is -2.20. The first-order valence-corrected chi connectivity index (χ1v) is 6.05. The monoisotopic (exact) mass is 233 g/mol. The van der Waals surface area contributed by atoms with E-state index >= 15 is 0 Å². The minimum absolute atomic E-state index is 0.149. The van der Waals surface area contributed by atoms with Gasteiger partial charge in [-0.05, 0) is 25.3 Å². The first-order valence-electron chi connectivity index (χ1n) is 6.05. The van der Waals surface area contributed by atoms with E-state index in [1.54, 1.807) is 0 Å². The molecule has 0 heterocycles. The Morgan fingerprint density at radius 2 is 2.00 bits per heavy atom. The van der Waals surface area contributed by atoms with Crippen LogP contribution in [0.25, 0.3) is 0 Å². The number of carbonyl (C=O) groups is 1. The molecule has 0 bridgehead atoms. The number of methoxy groups -OCH3 is 1. The molecule has 1 fully saturated rings. The summed E-state index contributed by atoms with van der Waals surface area (Å²) in [5.74, 6) is -0.149. The van der Waals surface area contributed by atoms with Gasteiger partial charge in [0.15, 0.2) is 0 Å². The molecule has 1 aromatic carbocycles. The van der Waals surface area contributed by atoms with Gasteiger partial charge in [0.2, 0.25) is 0 Å². The summed E-state index contributed by atoms with van der Waals surface area (Å²) in [4.78, 5) is 13.5. The Morgan fingerprint density at radius 3 is 2.53 bits per heavy atom. The van der Waals surface area contributed by atoms with Crippen LogP contribution in [-0.4, -0.2) is 30.6 Å². The molecule has 0 N–H and O–H groups in total. The van der Waals surface area contributed by atoms with E-state index in [1.165, 1.54) is 31.1 Å². The second-order valence-electron chi connectivity index (χ2n) is 4.70. The Kier molecular flexibility index (Phi) is 3.79. The molecule has 0 unspecified atom stereocenters. The fourth-order valence-electron chi connectivity index (χ4n) is 1.91. The molecule has 0 atom stereocenters. The maximum absolute atomic E-state index is 11.3. The molecule has 92 valence electrons. The highest BCUT2D eigenvalue weighted by Gasteiger charge is 2.30. The predicted molar refractivity (Wildman–Crippen MR) is 66.6 cm³/mol. The third-order valence-corrected chi connectivity index (χ3v) is 3.13. The lowest BCUT2D eigenvalue weighted by atomic mass is 10.1. The summed E-state index contributed by atoms with van der Waals surface area (Å²) in [6, 6.07) is 9.04. The zero-order chi connectivity index (χ0) is 12.3. The number of benzene rings is 1. The molecular weight excluding hydrogens is 214 g/mol. The highest BCUT2D eigenvalue weighted by Crippen LogP contribution is 2.28. The molecule has 1 aliphatic rings. The number of rotatable bonds is 5. The van der Waals surface area contributed by atoms with Crippen LogP contribution in [0.5, 0.6) is 0 Å². The van der Waals surface area contributed by atoms with E-state index in [0.29, 0.717) is 12.6 Å². The second-order valence-corrected chi connectivity index (χ2v) is 4.70. The minimum atomic E-state index is -0.149. The number of nitrogens with zero attached hydrogens (tertiary/aromatic N) is 1. The molecule has 0 saturated heterocycles. The van der Waals surface area contributed by atoms with E-state index in [-0.39, 0.29) is 5.97 Å². The number of ether oxygens (including phenoxy) is 1. The van der Waals surface area contributed by atoms with Crippen molar-refractivity contribution < 1.29 is 9.53 Å². The third-order valence-electron chi connectivity index (χ3n) is 3.13. The van der Waals surface area contributed by atoms with Gasteiger partial charge >= 0.3 is 5.97 Å². The summed E-state index contributed by atoms with van der Waals surface area (Å²) in [5, 5.41) is 0. The summed E-state index contributed by atoms with van der Waals surface area (Å²) < 4.78 is 4.73. The van der Waals surface area contributed by atoms with E-state index in [2.05, 4.69) is 36.1 Å². The Hall–Kier alpha value is -1.35. The summed E-state index contributed by atoms with van der Waals surface area (Å²) in [6.07, 6.45) is 2.39. The first kappa shape index (κ1) is 12.1. The molecule has 1 aliphatic carbocycles. The number of esters is 1. The van der Waals surface area contributed by atoms with Gasteiger partial charge in [0.05, 0.1) is 13.7 Å². The Morgan fingerprint density at radius 1 is 1.35 bits per heavy atom. The fraction of sp³-hybridized carbons (Fsp3) is 0.500. The molecule has 1 aromatic rings. The highest BCUT2D eigenvalue weighted by atomic mass is 16.5. The topological polar surface area (TPSA) is 29.5 Å². The van der Waals surface area contributed by atoms with Crippen molar-refractivity contribution in [2.75, 3.05) is 13.7 Å². The molecule has 3 heteroatoms. The normalized spacial score (nSPS) is 15.0. The van der Waals surface area contributed by atoms with Gasteiger partial charge in [0, 0.05) is 12.6 Å². The van der Waals surface area contributed by atoms with Gasteiger partial charge in [-0.2, -0.15) is 0 Å². The summed E-state index contributed by atoms with van der Waals surface area (Å²) >= 11 is 0. The van der Waals surface area contributed by atoms with Crippen LogP contribution in [0.4, 0.5) is 0 Å². The summed E-state index contributed by atoms with van der Waals surface area (Å²) in [5.41, 5.74) is 2.52. The van der Waals surface area contributed by atoms with Crippen LogP contribution < -0.4 is 0 Å². The van der Waals surface area contributed by atoms with Gasteiger partial charge in [0.25, 0.3) is 0 Å². The quantitative estimate of drug-likeness (QED) is 0.730. The van der Waals surface area contributed by atoms with Crippen LogP contribution >= 0.6 is 0 Å². The van der Waals surface area contributed by atoms with Crippen molar-refractivity contribution in [3.8, 4) is 0 Å². The van der Waals surface area contributed by atoms with Gasteiger partial charge in [-0.15, -0.1) is 0 Å². The second kappa shape index (κ2) is 5.32. The van der Waals surface area contributed by atoms with Crippen LogP contribution in [0.15, 0.2) is 24.3 Å². The molecule has 17 heavy (non-hydrogen) atoms. The van der Waals surface area contributed by atoms with E-state index in [4.69, 9.17) is 4.74 Å². The number of hydrogen-bond acceptors (Lipinski definition) is 3. The number of hydrogen-bond donors (Lipinski definition) is 0. The summed E-state index contributed by atoms with van der Waals surface area (Å²) in [7, 11) is 1.44. The van der Waals surface area contributed by atoms with Crippen molar-refractivity contribution in [3.05, 3.63) is 35.4 Å². The average Bonchev–Trinajstić information content (AvgIpc) is 3.15. The van der Waals surface area contributed by atoms with Crippen molar-refractivity contribution in [2.24, 2.45) is 0 Å². The Labute approximate surface area is 102 Å². The summed E-state index contributed by atoms with van der Waals surface area (Å²) in [6.45, 7) is 3.31. The number of carbonyl (C=O) groups excluding carboxylic acids is 1. The third kappa shape index (κ3) is 3.56. The maximum Gasteiger partial charge on any atom is 0.319 e. The SMILES string of the molecule is COC(=O)CN(Cc1ccc(C)cc1)C1CC1. The van der Waals surface area contributed by atoms with E-state index in [9.17, 15) is 4.79 Å². The molecule has 0 amide bonds. The predicted octanol–water partition coefficient (Wildman–Crippen LogP) is 2.13. The van der Waals surface area contributed by atoms with E-state index < -0.39 is 0 Å². The Bertz CT molecular complexity index is 382. The zero-order valence-corrected chi connectivity index (χ0v) is 10.5. The van der Waals surface area contributed by atoms with E-state index in [0.717, 1.165) is 6.54 Å². The standard InChI is InChI=1S/C14H19NO2/c1-11-3-5-12(6-4-11)9-15(13-7-8-13)10-14(16)17-2/h3-6,13H,7-10H2,1-2H3. The Balaban J connectivity index is 1.97. The molecule has 1 saturated carbocycles. The van der Waals surface area contributed by atoms with Crippen LogP contribution in [0.1, 0.15) is 24.0 Å². The molecule has 0 radical (unpaired) electrons. The molecular formula is C14H19NO2. The lowest BCUT2D eigenvalue weighted by molar-refractivity contribution is -0.142.